The van der Waals surface area contributed by atoms with E-state index in [1.165, 1.54) is 0 Å². The molecule has 1 aliphatic rings. The Balaban J connectivity index is 1.99. The molecule has 4 nitrogen and oxygen atoms in total. The van der Waals surface area contributed by atoms with E-state index < -0.39 is 0 Å². The van der Waals surface area contributed by atoms with Crippen LogP contribution in [0.4, 0.5) is 5.69 Å². The number of carbonyl (C=O) groups is 1. The van der Waals surface area contributed by atoms with Crippen LogP contribution in [0.15, 0.2) is 22.9 Å². The molecule has 92 valence electrons. The second-order valence-corrected chi connectivity index (χ2v) is 5.22. The first-order valence-corrected chi connectivity index (χ1v) is 6.61. The topological polar surface area (TPSA) is 54.0 Å². The first-order valence-electron chi connectivity index (χ1n) is 5.81. The van der Waals surface area contributed by atoms with E-state index in [-0.39, 0.29) is 11.9 Å². The minimum Gasteiger partial charge on any atom is -0.322 e. The summed E-state index contributed by atoms with van der Waals surface area (Å²) < 4.78 is 0.664. The molecule has 1 aliphatic heterocycles. The van der Waals surface area contributed by atoms with E-state index in [2.05, 4.69) is 38.5 Å². The Morgan fingerprint density at radius 2 is 2.47 bits per heavy atom. The number of rotatable bonds is 2. The molecule has 1 aromatic rings. The fourth-order valence-electron chi connectivity index (χ4n) is 2.01. The second kappa shape index (κ2) is 5.60. The van der Waals surface area contributed by atoms with E-state index in [1.807, 2.05) is 6.07 Å². The summed E-state index contributed by atoms with van der Waals surface area (Å²) in [6.07, 6.45) is 3.71. The number of anilines is 1. The van der Waals surface area contributed by atoms with Crippen molar-refractivity contribution in [1.29, 1.82) is 0 Å². The lowest BCUT2D eigenvalue weighted by Crippen LogP contribution is -2.45. The molecule has 1 fully saturated rings. The smallest absolute Gasteiger partial charge is 0.241 e. The van der Waals surface area contributed by atoms with Crippen molar-refractivity contribution in [2.45, 2.75) is 25.8 Å². The SMILES string of the molecule is CC1CCNC(C(=O)Nc2cccnc2Br)C1. The third kappa shape index (κ3) is 3.26. The molecule has 2 atom stereocenters. The van der Waals surface area contributed by atoms with Gasteiger partial charge in [0.15, 0.2) is 0 Å². The zero-order valence-corrected chi connectivity index (χ0v) is 11.3. The number of nitrogens with zero attached hydrogens (tertiary/aromatic N) is 1. The quantitative estimate of drug-likeness (QED) is 0.823. The van der Waals surface area contributed by atoms with E-state index in [0.717, 1.165) is 25.1 Å². The van der Waals surface area contributed by atoms with Crippen LogP contribution < -0.4 is 10.6 Å². The number of hydrogen-bond acceptors (Lipinski definition) is 3. The number of pyridine rings is 1. The highest BCUT2D eigenvalue weighted by Crippen LogP contribution is 2.20. The molecule has 0 spiro atoms. The summed E-state index contributed by atoms with van der Waals surface area (Å²) in [5, 5.41) is 6.13. The average molecular weight is 298 g/mol. The van der Waals surface area contributed by atoms with Gasteiger partial charge in [-0.2, -0.15) is 0 Å². The third-order valence-corrected chi connectivity index (χ3v) is 3.63. The van der Waals surface area contributed by atoms with Crippen molar-refractivity contribution >= 4 is 27.5 Å². The van der Waals surface area contributed by atoms with Gasteiger partial charge in [-0.05, 0) is 53.4 Å². The fraction of sp³-hybridized carbons (Fsp3) is 0.500. The van der Waals surface area contributed by atoms with Crippen LogP contribution in [0.25, 0.3) is 0 Å². The van der Waals surface area contributed by atoms with Gasteiger partial charge in [-0.3, -0.25) is 4.79 Å². The molecule has 2 unspecified atom stereocenters. The summed E-state index contributed by atoms with van der Waals surface area (Å²) in [6.45, 7) is 3.09. The molecule has 2 N–H and O–H groups in total. The molecule has 0 bridgehead atoms. The number of aromatic nitrogens is 1. The van der Waals surface area contributed by atoms with E-state index in [1.54, 1.807) is 12.3 Å². The summed E-state index contributed by atoms with van der Waals surface area (Å²) in [4.78, 5) is 16.1. The van der Waals surface area contributed by atoms with E-state index in [9.17, 15) is 4.79 Å². The van der Waals surface area contributed by atoms with E-state index in [0.29, 0.717) is 10.5 Å². The van der Waals surface area contributed by atoms with Gasteiger partial charge in [-0.1, -0.05) is 6.92 Å². The van der Waals surface area contributed by atoms with E-state index >= 15 is 0 Å². The summed E-state index contributed by atoms with van der Waals surface area (Å²) in [7, 11) is 0. The van der Waals surface area contributed by atoms with Crippen LogP contribution in [0.1, 0.15) is 19.8 Å². The van der Waals surface area contributed by atoms with Crippen molar-refractivity contribution in [2.75, 3.05) is 11.9 Å². The summed E-state index contributed by atoms with van der Waals surface area (Å²) in [6, 6.07) is 3.55. The second-order valence-electron chi connectivity index (χ2n) is 4.47. The number of nitrogens with one attached hydrogen (secondary N) is 2. The molecule has 2 heterocycles. The molecule has 5 heteroatoms. The molecule has 2 rings (SSSR count). The van der Waals surface area contributed by atoms with Crippen molar-refractivity contribution in [3.05, 3.63) is 22.9 Å². The standard InChI is InChI=1S/C12H16BrN3O/c1-8-4-6-14-10(7-8)12(17)16-9-3-2-5-15-11(9)13/h2-3,5,8,10,14H,4,6-7H2,1H3,(H,16,17). The minimum atomic E-state index is -0.0918. The Labute approximate surface area is 109 Å². The Hall–Kier alpha value is -0.940. The van der Waals surface area contributed by atoms with Crippen molar-refractivity contribution in [3.63, 3.8) is 0 Å². The van der Waals surface area contributed by atoms with Crippen molar-refractivity contribution in [2.24, 2.45) is 5.92 Å². The summed E-state index contributed by atoms with van der Waals surface area (Å²) >= 11 is 3.31. The lowest BCUT2D eigenvalue weighted by Gasteiger charge is -2.27. The Morgan fingerprint density at radius 1 is 1.65 bits per heavy atom. The van der Waals surface area contributed by atoms with Gasteiger partial charge in [-0.15, -0.1) is 0 Å². The van der Waals surface area contributed by atoms with Gasteiger partial charge < -0.3 is 10.6 Å². The van der Waals surface area contributed by atoms with Gasteiger partial charge in [0.05, 0.1) is 11.7 Å². The normalized spacial score (nSPS) is 24.4. The third-order valence-electron chi connectivity index (χ3n) is 3.00. The summed E-state index contributed by atoms with van der Waals surface area (Å²) in [5.74, 6) is 0.620. The highest BCUT2D eigenvalue weighted by molar-refractivity contribution is 9.10. The van der Waals surface area contributed by atoms with Crippen LogP contribution in [0.3, 0.4) is 0 Å². The maximum atomic E-state index is 12.0. The van der Waals surface area contributed by atoms with Crippen LogP contribution in [-0.2, 0) is 4.79 Å². The van der Waals surface area contributed by atoms with Crippen molar-refractivity contribution in [1.82, 2.24) is 10.3 Å². The molecule has 1 saturated heterocycles. The van der Waals surface area contributed by atoms with Gasteiger partial charge in [0.2, 0.25) is 5.91 Å². The number of piperidine rings is 1. The molecule has 0 aliphatic carbocycles. The predicted octanol–water partition coefficient (Wildman–Crippen LogP) is 2.17. The molecular weight excluding hydrogens is 282 g/mol. The number of halogens is 1. The zero-order chi connectivity index (χ0) is 12.3. The monoisotopic (exact) mass is 297 g/mol. The van der Waals surface area contributed by atoms with E-state index in [4.69, 9.17) is 0 Å². The Kier molecular flexibility index (Phi) is 4.12. The fourth-order valence-corrected chi connectivity index (χ4v) is 2.36. The molecule has 1 aromatic heterocycles. The highest BCUT2D eigenvalue weighted by Gasteiger charge is 2.24. The number of hydrogen-bond donors (Lipinski definition) is 2. The summed E-state index contributed by atoms with van der Waals surface area (Å²) in [5.41, 5.74) is 0.720. The van der Waals surface area contributed by atoms with Crippen LogP contribution in [-0.4, -0.2) is 23.5 Å². The van der Waals surface area contributed by atoms with Crippen LogP contribution in [0, 0.1) is 5.92 Å². The molecule has 0 saturated carbocycles. The maximum Gasteiger partial charge on any atom is 0.241 e. The van der Waals surface area contributed by atoms with Crippen LogP contribution in [0.5, 0.6) is 0 Å². The number of amides is 1. The lowest BCUT2D eigenvalue weighted by atomic mass is 9.94. The first-order chi connectivity index (χ1) is 8.16. The van der Waals surface area contributed by atoms with Crippen molar-refractivity contribution < 1.29 is 4.79 Å². The average Bonchev–Trinajstić information content (AvgIpc) is 2.32. The van der Waals surface area contributed by atoms with Gasteiger partial charge in [0.25, 0.3) is 0 Å². The maximum absolute atomic E-state index is 12.0. The van der Waals surface area contributed by atoms with Gasteiger partial charge >= 0.3 is 0 Å². The van der Waals surface area contributed by atoms with Gasteiger partial charge in [-0.25, -0.2) is 4.98 Å². The molecule has 0 aromatic carbocycles. The Bertz CT molecular complexity index is 410. The number of carbonyl (C=O) groups excluding carboxylic acids is 1. The lowest BCUT2D eigenvalue weighted by molar-refractivity contribution is -0.119. The Morgan fingerprint density at radius 3 is 3.18 bits per heavy atom. The largest absolute Gasteiger partial charge is 0.322 e. The minimum absolute atomic E-state index is 0.0188. The van der Waals surface area contributed by atoms with Crippen LogP contribution >= 0.6 is 15.9 Å². The first kappa shape index (κ1) is 12.5. The molecular formula is C12H16BrN3O. The predicted molar refractivity (Wildman–Crippen MR) is 70.8 cm³/mol. The van der Waals surface area contributed by atoms with Crippen molar-refractivity contribution in [3.8, 4) is 0 Å². The molecule has 17 heavy (non-hydrogen) atoms. The zero-order valence-electron chi connectivity index (χ0n) is 9.74. The van der Waals surface area contributed by atoms with Gasteiger partial charge in [0.1, 0.15) is 4.60 Å². The van der Waals surface area contributed by atoms with Crippen LogP contribution in [0.2, 0.25) is 0 Å². The molecule has 0 radical (unpaired) electrons. The van der Waals surface area contributed by atoms with Gasteiger partial charge in [0, 0.05) is 6.20 Å². The highest BCUT2D eigenvalue weighted by atomic mass is 79.9. The molecule has 1 amide bonds.